The number of hydrogen-bond acceptors (Lipinski definition) is 3. The molecule has 0 aliphatic carbocycles. The second kappa shape index (κ2) is 6.49. The third kappa shape index (κ3) is 3.53. The fourth-order valence-corrected chi connectivity index (χ4v) is 1.73. The number of halogens is 2. The van der Waals surface area contributed by atoms with Crippen LogP contribution < -0.4 is 5.32 Å². The van der Waals surface area contributed by atoms with Gasteiger partial charge in [0.15, 0.2) is 0 Å². The predicted octanol–water partition coefficient (Wildman–Crippen LogP) is 2.27. The van der Waals surface area contributed by atoms with Gasteiger partial charge in [0, 0.05) is 5.56 Å². The fraction of sp³-hybridized carbons (Fsp3) is 0.333. The molecule has 1 atom stereocenters. The Morgan fingerprint density at radius 1 is 1.50 bits per heavy atom. The van der Waals surface area contributed by atoms with Crippen LogP contribution in [0.1, 0.15) is 23.7 Å². The number of hydrogen-bond donors (Lipinski definition) is 1. The molecule has 0 saturated heterocycles. The summed E-state index contributed by atoms with van der Waals surface area (Å²) >= 11 is 2.99. The van der Waals surface area contributed by atoms with Crippen molar-refractivity contribution >= 4 is 27.8 Å². The molecule has 0 heterocycles. The Labute approximate surface area is 113 Å². The summed E-state index contributed by atoms with van der Waals surface area (Å²) in [6, 6.07) is 3.18. The minimum atomic E-state index is -0.702. The highest BCUT2D eigenvalue weighted by Gasteiger charge is 2.20. The van der Waals surface area contributed by atoms with Gasteiger partial charge in [0.25, 0.3) is 5.91 Å². The molecule has 0 fully saturated rings. The maximum Gasteiger partial charge on any atom is 0.328 e. The zero-order valence-corrected chi connectivity index (χ0v) is 11.6. The van der Waals surface area contributed by atoms with E-state index in [1.807, 2.05) is 0 Å². The van der Waals surface area contributed by atoms with Crippen LogP contribution >= 0.6 is 15.9 Å². The van der Waals surface area contributed by atoms with E-state index in [0.717, 1.165) is 0 Å². The Hall–Kier alpha value is -1.43. The molecule has 98 valence electrons. The Balaban J connectivity index is 2.81. The van der Waals surface area contributed by atoms with E-state index in [9.17, 15) is 14.0 Å². The number of benzene rings is 1. The molecule has 18 heavy (non-hydrogen) atoms. The van der Waals surface area contributed by atoms with E-state index in [1.165, 1.54) is 25.3 Å². The monoisotopic (exact) mass is 317 g/mol. The number of amides is 1. The first kappa shape index (κ1) is 14.6. The first-order valence-corrected chi connectivity index (χ1v) is 6.12. The number of rotatable bonds is 4. The molecule has 0 aromatic heterocycles. The maximum absolute atomic E-state index is 13.0. The van der Waals surface area contributed by atoms with Crippen molar-refractivity contribution in [2.24, 2.45) is 0 Å². The number of ether oxygens (including phenoxy) is 1. The van der Waals surface area contributed by atoms with Crippen molar-refractivity contribution in [1.29, 1.82) is 0 Å². The summed E-state index contributed by atoms with van der Waals surface area (Å²) in [5.41, 5.74) is 0.269. The van der Waals surface area contributed by atoms with Crippen LogP contribution in [0.3, 0.4) is 0 Å². The lowest BCUT2D eigenvalue weighted by atomic mass is 10.1. The van der Waals surface area contributed by atoms with Gasteiger partial charge in [0.1, 0.15) is 11.9 Å². The fourth-order valence-electron chi connectivity index (χ4n) is 1.35. The highest BCUT2D eigenvalue weighted by Crippen LogP contribution is 2.16. The SMILES string of the molecule is CCC(NC(=O)c1ccc(F)c(Br)c1)C(=O)OC. The lowest BCUT2D eigenvalue weighted by molar-refractivity contribution is -0.142. The van der Waals surface area contributed by atoms with E-state index in [1.54, 1.807) is 6.92 Å². The van der Waals surface area contributed by atoms with E-state index in [4.69, 9.17) is 0 Å². The van der Waals surface area contributed by atoms with E-state index >= 15 is 0 Å². The average molecular weight is 318 g/mol. The standard InChI is InChI=1S/C12H13BrFNO3/c1-3-10(12(17)18-2)15-11(16)7-4-5-9(14)8(13)6-7/h4-6,10H,3H2,1-2H3,(H,15,16). The van der Waals surface area contributed by atoms with Crippen LogP contribution in [0, 0.1) is 5.82 Å². The van der Waals surface area contributed by atoms with Crippen LogP contribution in [0.2, 0.25) is 0 Å². The van der Waals surface area contributed by atoms with Gasteiger partial charge in [-0.2, -0.15) is 0 Å². The van der Waals surface area contributed by atoms with Gasteiger partial charge in [0.05, 0.1) is 11.6 Å². The van der Waals surface area contributed by atoms with Crippen LogP contribution in [-0.2, 0) is 9.53 Å². The van der Waals surface area contributed by atoms with E-state index < -0.39 is 23.7 Å². The van der Waals surface area contributed by atoms with Gasteiger partial charge < -0.3 is 10.1 Å². The van der Waals surface area contributed by atoms with Gasteiger partial charge in [-0.05, 0) is 40.5 Å². The summed E-state index contributed by atoms with van der Waals surface area (Å²) in [6.07, 6.45) is 0.417. The average Bonchev–Trinajstić information content (AvgIpc) is 2.37. The topological polar surface area (TPSA) is 55.4 Å². The predicted molar refractivity (Wildman–Crippen MR) is 67.7 cm³/mol. The van der Waals surface area contributed by atoms with Crippen LogP contribution in [0.4, 0.5) is 4.39 Å². The summed E-state index contributed by atoms with van der Waals surface area (Å²) < 4.78 is 17.8. The first-order chi connectivity index (χ1) is 8.49. The second-order valence-electron chi connectivity index (χ2n) is 3.59. The summed E-state index contributed by atoms with van der Waals surface area (Å²) in [7, 11) is 1.26. The molecule has 0 aliphatic heterocycles. The van der Waals surface area contributed by atoms with Crippen molar-refractivity contribution in [3.05, 3.63) is 34.1 Å². The molecular formula is C12H13BrFNO3. The quantitative estimate of drug-likeness (QED) is 0.867. The Kier molecular flexibility index (Phi) is 5.27. The number of carbonyl (C=O) groups excluding carboxylic acids is 2. The zero-order valence-electron chi connectivity index (χ0n) is 10.00. The van der Waals surface area contributed by atoms with Gasteiger partial charge in [-0.15, -0.1) is 0 Å². The van der Waals surface area contributed by atoms with Gasteiger partial charge >= 0.3 is 5.97 Å². The first-order valence-electron chi connectivity index (χ1n) is 5.33. The third-order valence-corrected chi connectivity index (χ3v) is 2.99. The molecule has 0 saturated carbocycles. The van der Waals surface area contributed by atoms with Crippen molar-refractivity contribution < 1.29 is 18.7 Å². The van der Waals surface area contributed by atoms with Crippen LogP contribution in [-0.4, -0.2) is 25.0 Å². The summed E-state index contributed by atoms with van der Waals surface area (Å²) in [4.78, 5) is 23.2. The van der Waals surface area contributed by atoms with Crippen molar-refractivity contribution in [3.8, 4) is 0 Å². The van der Waals surface area contributed by atoms with E-state index in [2.05, 4.69) is 26.0 Å². The minimum absolute atomic E-state index is 0.196. The maximum atomic E-state index is 13.0. The molecule has 0 radical (unpaired) electrons. The van der Waals surface area contributed by atoms with Crippen molar-refractivity contribution in [3.63, 3.8) is 0 Å². The lowest BCUT2D eigenvalue weighted by Gasteiger charge is -2.14. The Morgan fingerprint density at radius 2 is 2.17 bits per heavy atom. The van der Waals surface area contributed by atoms with Crippen molar-refractivity contribution in [1.82, 2.24) is 5.32 Å². The molecule has 6 heteroatoms. The molecule has 1 unspecified atom stereocenters. The summed E-state index contributed by atoms with van der Waals surface area (Å²) in [5, 5.41) is 2.52. The molecule has 0 aliphatic rings. The minimum Gasteiger partial charge on any atom is -0.467 e. The Bertz CT molecular complexity index is 465. The largest absolute Gasteiger partial charge is 0.467 e. The second-order valence-corrected chi connectivity index (χ2v) is 4.44. The summed E-state index contributed by atoms with van der Waals surface area (Å²) in [5.74, 6) is -1.41. The van der Waals surface area contributed by atoms with Gasteiger partial charge in [-0.25, -0.2) is 9.18 Å². The molecule has 1 N–H and O–H groups in total. The normalized spacial score (nSPS) is 11.8. The number of esters is 1. The molecule has 1 aromatic carbocycles. The van der Waals surface area contributed by atoms with E-state index in [-0.39, 0.29) is 10.0 Å². The molecule has 1 aromatic rings. The Morgan fingerprint density at radius 3 is 2.67 bits per heavy atom. The molecule has 1 amide bonds. The third-order valence-electron chi connectivity index (χ3n) is 2.38. The molecule has 0 bridgehead atoms. The molecule has 4 nitrogen and oxygen atoms in total. The highest BCUT2D eigenvalue weighted by atomic mass is 79.9. The highest BCUT2D eigenvalue weighted by molar-refractivity contribution is 9.10. The van der Waals surface area contributed by atoms with Gasteiger partial charge in [-0.3, -0.25) is 4.79 Å². The molecule has 0 spiro atoms. The van der Waals surface area contributed by atoms with Crippen LogP contribution in [0.15, 0.2) is 22.7 Å². The number of nitrogens with one attached hydrogen (secondary N) is 1. The lowest BCUT2D eigenvalue weighted by Crippen LogP contribution is -2.41. The smallest absolute Gasteiger partial charge is 0.328 e. The number of methoxy groups -OCH3 is 1. The number of carbonyl (C=O) groups is 2. The van der Waals surface area contributed by atoms with Crippen LogP contribution in [0.25, 0.3) is 0 Å². The van der Waals surface area contributed by atoms with Crippen LogP contribution in [0.5, 0.6) is 0 Å². The van der Waals surface area contributed by atoms with Crippen molar-refractivity contribution in [2.45, 2.75) is 19.4 Å². The van der Waals surface area contributed by atoms with Crippen molar-refractivity contribution in [2.75, 3.05) is 7.11 Å². The molecular weight excluding hydrogens is 305 g/mol. The zero-order chi connectivity index (χ0) is 13.7. The summed E-state index contributed by atoms with van der Waals surface area (Å²) in [6.45, 7) is 1.75. The van der Waals surface area contributed by atoms with E-state index in [0.29, 0.717) is 6.42 Å². The molecule has 1 rings (SSSR count). The van der Waals surface area contributed by atoms with Gasteiger partial charge in [-0.1, -0.05) is 6.92 Å². The van der Waals surface area contributed by atoms with Gasteiger partial charge in [0.2, 0.25) is 0 Å².